The molecular formula is C19H22N6O2S. The van der Waals surface area contributed by atoms with Crippen LogP contribution in [0.25, 0.3) is 5.78 Å². The van der Waals surface area contributed by atoms with Crippen LogP contribution in [0.1, 0.15) is 76.0 Å². The number of hydrogen-bond donors (Lipinski definition) is 2. The van der Waals surface area contributed by atoms with Crippen LogP contribution in [-0.2, 0) is 0 Å². The van der Waals surface area contributed by atoms with E-state index in [9.17, 15) is 9.59 Å². The molecule has 9 heteroatoms. The topological polar surface area (TPSA) is 115 Å². The van der Waals surface area contributed by atoms with Crippen molar-refractivity contribution < 1.29 is 9.59 Å². The number of amides is 2. The second kappa shape index (κ2) is 7.31. The average molecular weight is 398 g/mol. The Bertz CT molecular complexity index is 1060. The summed E-state index contributed by atoms with van der Waals surface area (Å²) in [6.45, 7) is 3.73. The Hall–Kier alpha value is -2.81. The maximum atomic E-state index is 12.7. The summed E-state index contributed by atoms with van der Waals surface area (Å²) in [5.41, 5.74) is 8.65. The molecule has 3 aromatic heterocycles. The highest BCUT2D eigenvalue weighted by Crippen LogP contribution is 2.40. The zero-order valence-electron chi connectivity index (χ0n) is 15.9. The van der Waals surface area contributed by atoms with Gasteiger partial charge in [0.25, 0.3) is 17.6 Å². The Balaban J connectivity index is 1.63. The van der Waals surface area contributed by atoms with Crippen molar-refractivity contribution in [3.05, 3.63) is 39.8 Å². The number of carbonyl (C=O) groups is 2. The number of nitrogens with one attached hydrogen (secondary N) is 1. The van der Waals surface area contributed by atoms with Gasteiger partial charge in [0.15, 0.2) is 0 Å². The summed E-state index contributed by atoms with van der Waals surface area (Å²) in [7, 11) is 0. The summed E-state index contributed by atoms with van der Waals surface area (Å²) >= 11 is 1.32. The number of aromatic nitrogens is 4. The first-order chi connectivity index (χ1) is 13.4. The van der Waals surface area contributed by atoms with E-state index in [-0.39, 0.29) is 5.82 Å². The molecule has 8 nitrogen and oxygen atoms in total. The predicted octanol–water partition coefficient (Wildman–Crippen LogP) is 3.20. The molecule has 0 atom stereocenters. The molecule has 0 saturated heterocycles. The molecule has 0 radical (unpaired) electrons. The minimum Gasteiger partial charge on any atom is -0.365 e. The molecule has 4 rings (SSSR count). The van der Waals surface area contributed by atoms with E-state index in [0.29, 0.717) is 22.3 Å². The Labute approximate surface area is 166 Å². The summed E-state index contributed by atoms with van der Waals surface area (Å²) in [5, 5.41) is 9.41. The fraction of sp³-hybridized carbons (Fsp3) is 0.421. The SMILES string of the molecule is Cc1cc(C)n2nc(C(=O)Nc3scc(C4CCCCC4)c3C(N)=O)nc2n1. The van der Waals surface area contributed by atoms with Crippen molar-refractivity contribution in [3.8, 4) is 0 Å². The smallest absolute Gasteiger partial charge is 0.296 e. The van der Waals surface area contributed by atoms with Crippen LogP contribution in [0.2, 0.25) is 0 Å². The summed E-state index contributed by atoms with van der Waals surface area (Å²) in [4.78, 5) is 33.4. The van der Waals surface area contributed by atoms with Crippen molar-refractivity contribution in [1.82, 2.24) is 19.6 Å². The molecule has 3 N–H and O–H groups in total. The standard InChI is InChI=1S/C19H22N6O2S/c1-10-8-11(2)25-19(21-10)22-16(24-25)17(27)23-18-14(15(20)26)13(9-28-18)12-6-4-3-5-7-12/h8-9,12H,3-7H2,1-2H3,(H2,20,26)(H,23,27). The lowest BCUT2D eigenvalue weighted by Gasteiger charge is -2.21. The predicted molar refractivity (Wildman–Crippen MR) is 107 cm³/mol. The molecule has 3 heterocycles. The van der Waals surface area contributed by atoms with Crippen LogP contribution in [0, 0.1) is 13.8 Å². The van der Waals surface area contributed by atoms with Crippen molar-refractivity contribution in [1.29, 1.82) is 0 Å². The van der Waals surface area contributed by atoms with Gasteiger partial charge in [-0.25, -0.2) is 9.50 Å². The lowest BCUT2D eigenvalue weighted by atomic mass is 9.83. The van der Waals surface area contributed by atoms with Gasteiger partial charge in [-0.15, -0.1) is 16.4 Å². The maximum absolute atomic E-state index is 12.7. The van der Waals surface area contributed by atoms with Crippen LogP contribution in [0.4, 0.5) is 5.00 Å². The number of primary amides is 1. The van der Waals surface area contributed by atoms with Gasteiger partial charge >= 0.3 is 0 Å². The van der Waals surface area contributed by atoms with Crippen molar-refractivity contribution in [2.75, 3.05) is 5.32 Å². The highest BCUT2D eigenvalue weighted by atomic mass is 32.1. The van der Waals surface area contributed by atoms with Crippen LogP contribution < -0.4 is 11.1 Å². The number of anilines is 1. The summed E-state index contributed by atoms with van der Waals surface area (Å²) in [6, 6.07) is 1.87. The fourth-order valence-corrected chi connectivity index (χ4v) is 4.90. The zero-order chi connectivity index (χ0) is 19.8. The van der Waals surface area contributed by atoms with Gasteiger partial charge in [-0.1, -0.05) is 19.3 Å². The van der Waals surface area contributed by atoms with Gasteiger partial charge < -0.3 is 11.1 Å². The number of fused-ring (bicyclic) bond motifs is 1. The summed E-state index contributed by atoms with van der Waals surface area (Å²) < 4.78 is 1.53. The Kier molecular flexibility index (Phi) is 4.84. The van der Waals surface area contributed by atoms with E-state index in [1.54, 1.807) is 0 Å². The second-order valence-electron chi connectivity index (χ2n) is 7.23. The third kappa shape index (κ3) is 3.37. The summed E-state index contributed by atoms with van der Waals surface area (Å²) in [5.74, 6) is -0.312. The molecule has 1 aliphatic rings. The maximum Gasteiger partial charge on any atom is 0.296 e. The van der Waals surface area contributed by atoms with Crippen LogP contribution in [0.15, 0.2) is 11.4 Å². The normalized spacial score (nSPS) is 15.1. The number of nitrogens with two attached hydrogens (primary N) is 1. The molecule has 0 bridgehead atoms. The fourth-order valence-electron chi connectivity index (χ4n) is 3.85. The number of nitrogens with zero attached hydrogens (tertiary/aromatic N) is 4. The van der Waals surface area contributed by atoms with Crippen LogP contribution in [-0.4, -0.2) is 31.4 Å². The van der Waals surface area contributed by atoms with E-state index in [2.05, 4.69) is 20.4 Å². The van der Waals surface area contributed by atoms with Gasteiger partial charge in [0.2, 0.25) is 5.82 Å². The average Bonchev–Trinajstić information content (AvgIpc) is 3.27. The number of thiophene rings is 1. The molecule has 0 unspecified atom stereocenters. The molecule has 2 amide bonds. The van der Waals surface area contributed by atoms with Gasteiger partial charge in [0, 0.05) is 11.4 Å². The lowest BCUT2D eigenvalue weighted by Crippen LogP contribution is -2.20. The second-order valence-corrected chi connectivity index (χ2v) is 8.11. The first-order valence-corrected chi connectivity index (χ1v) is 10.3. The van der Waals surface area contributed by atoms with Gasteiger partial charge in [0.05, 0.1) is 5.56 Å². The zero-order valence-corrected chi connectivity index (χ0v) is 16.7. The molecule has 3 aromatic rings. The molecule has 1 aliphatic carbocycles. The minimum atomic E-state index is -0.520. The van der Waals surface area contributed by atoms with Crippen molar-refractivity contribution in [2.24, 2.45) is 5.73 Å². The van der Waals surface area contributed by atoms with Crippen LogP contribution in [0.3, 0.4) is 0 Å². The highest BCUT2D eigenvalue weighted by Gasteiger charge is 2.26. The third-order valence-corrected chi connectivity index (χ3v) is 6.07. The summed E-state index contributed by atoms with van der Waals surface area (Å²) in [6.07, 6.45) is 5.61. The molecule has 1 saturated carbocycles. The molecule has 1 fully saturated rings. The van der Waals surface area contributed by atoms with Crippen LogP contribution >= 0.6 is 11.3 Å². The largest absolute Gasteiger partial charge is 0.365 e. The molecule has 146 valence electrons. The number of carbonyl (C=O) groups excluding carboxylic acids is 2. The van der Waals surface area contributed by atoms with E-state index < -0.39 is 11.8 Å². The van der Waals surface area contributed by atoms with Crippen molar-refractivity contribution in [3.63, 3.8) is 0 Å². The van der Waals surface area contributed by atoms with E-state index in [4.69, 9.17) is 5.73 Å². The number of rotatable bonds is 4. The molecular weight excluding hydrogens is 376 g/mol. The Morgan fingerprint density at radius 2 is 1.96 bits per heavy atom. The highest BCUT2D eigenvalue weighted by molar-refractivity contribution is 7.15. The minimum absolute atomic E-state index is 0.00392. The van der Waals surface area contributed by atoms with Crippen LogP contribution in [0.5, 0.6) is 0 Å². The number of aryl methyl sites for hydroxylation is 2. The Morgan fingerprint density at radius 1 is 1.21 bits per heavy atom. The van der Waals surface area contributed by atoms with Gasteiger partial charge in [-0.05, 0) is 49.6 Å². The molecule has 0 aromatic carbocycles. The monoisotopic (exact) mass is 398 g/mol. The van der Waals surface area contributed by atoms with Gasteiger partial charge in [-0.2, -0.15) is 4.98 Å². The third-order valence-electron chi connectivity index (χ3n) is 5.16. The molecule has 0 aliphatic heterocycles. The lowest BCUT2D eigenvalue weighted by molar-refractivity contribution is 0.1000. The van der Waals surface area contributed by atoms with E-state index in [1.807, 2.05) is 25.3 Å². The van der Waals surface area contributed by atoms with Crippen molar-refractivity contribution in [2.45, 2.75) is 51.9 Å². The van der Waals surface area contributed by atoms with E-state index in [0.717, 1.165) is 42.6 Å². The first kappa shape index (κ1) is 18.5. The van der Waals surface area contributed by atoms with Gasteiger partial charge in [0.1, 0.15) is 5.00 Å². The molecule has 0 spiro atoms. The quantitative estimate of drug-likeness (QED) is 0.700. The van der Waals surface area contributed by atoms with E-state index >= 15 is 0 Å². The Morgan fingerprint density at radius 3 is 2.68 bits per heavy atom. The first-order valence-electron chi connectivity index (χ1n) is 9.37. The number of hydrogen-bond acceptors (Lipinski definition) is 6. The van der Waals surface area contributed by atoms with E-state index in [1.165, 1.54) is 22.3 Å². The van der Waals surface area contributed by atoms with Gasteiger partial charge in [-0.3, -0.25) is 9.59 Å². The molecule has 28 heavy (non-hydrogen) atoms. The van der Waals surface area contributed by atoms with Crippen molar-refractivity contribution >= 4 is 33.9 Å².